The van der Waals surface area contributed by atoms with Crippen molar-refractivity contribution in [1.29, 1.82) is 0 Å². The van der Waals surface area contributed by atoms with Crippen molar-refractivity contribution in [3.8, 4) is 11.1 Å². The molecule has 1 amide bonds. The molecule has 0 bridgehead atoms. The van der Waals surface area contributed by atoms with Crippen LogP contribution in [0.25, 0.3) is 22.8 Å². The topological polar surface area (TPSA) is 71.3 Å². The third-order valence-corrected chi connectivity index (χ3v) is 5.41. The van der Waals surface area contributed by atoms with Crippen LogP contribution in [0.4, 0.5) is 10.5 Å². The predicted molar refractivity (Wildman–Crippen MR) is 113 cm³/mol. The van der Waals surface area contributed by atoms with Crippen LogP contribution in [-0.4, -0.2) is 21.7 Å². The summed E-state index contributed by atoms with van der Waals surface area (Å²) >= 11 is 3.44. The Morgan fingerprint density at radius 3 is 2.54 bits per heavy atom. The molecule has 1 aromatic heterocycles. The van der Waals surface area contributed by atoms with Crippen molar-refractivity contribution in [2.75, 3.05) is 5.32 Å². The Labute approximate surface area is 170 Å². The number of nitrogens with zero attached hydrogens (tertiary/aromatic N) is 1. The van der Waals surface area contributed by atoms with Gasteiger partial charge in [0.15, 0.2) is 0 Å². The van der Waals surface area contributed by atoms with Crippen molar-refractivity contribution in [2.24, 2.45) is 0 Å². The summed E-state index contributed by atoms with van der Waals surface area (Å²) in [6, 6.07) is 15.4. The van der Waals surface area contributed by atoms with E-state index in [1.54, 1.807) is 19.1 Å². The third kappa shape index (κ3) is 2.96. The maximum atomic E-state index is 12.7. The number of rotatable bonds is 2. The number of anilines is 1. The summed E-state index contributed by atoms with van der Waals surface area (Å²) in [5.41, 5.74) is 5.75. The van der Waals surface area contributed by atoms with Gasteiger partial charge in [-0.05, 0) is 60.9 Å². The summed E-state index contributed by atoms with van der Waals surface area (Å²) in [5.74, 6) is -0.241. The van der Waals surface area contributed by atoms with Gasteiger partial charge in [0.05, 0.1) is 11.3 Å². The highest BCUT2D eigenvalue weighted by Crippen LogP contribution is 2.41. The van der Waals surface area contributed by atoms with Gasteiger partial charge in [-0.3, -0.25) is 9.36 Å². The number of nitrogens with one attached hydrogen (secondary N) is 1. The van der Waals surface area contributed by atoms with E-state index < -0.39 is 6.09 Å². The molecular weight excluding hydrogens is 420 g/mol. The van der Waals surface area contributed by atoms with E-state index in [4.69, 9.17) is 0 Å². The second-order valence-electron chi connectivity index (χ2n) is 6.72. The van der Waals surface area contributed by atoms with Crippen LogP contribution in [-0.2, 0) is 4.79 Å². The third-order valence-electron chi connectivity index (χ3n) is 4.88. The van der Waals surface area contributed by atoms with Gasteiger partial charge in [-0.15, -0.1) is 0 Å². The molecule has 0 radical (unpaired) electrons. The first-order chi connectivity index (χ1) is 13.4. The Morgan fingerprint density at radius 1 is 1.14 bits per heavy atom. The molecule has 1 aliphatic heterocycles. The number of aromatic nitrogens is 1. The molecule has 2 aromatic carbocycles. The first-order valence-electron chi connectivity index (χ1n) is 8.71. The molecule has 28 heavy (non-hydrogen) atoms. The lowest BCUT2D eigenvalue weighted by molar-refractivity contribution is -0.110. The van der Waals surface area contributed by atoms with Gasteiger partial charge in [0.1, 0.15) is 0 Å². The van der Waals surface area contributed by atoms with Crippen molar-refractivity contribution in [2.45, 2.75) is 13.8 Å². The fraction of sp³-hybridized carbons (Fsp3) is 0.0909. The number of hydrogen-bond acceptors (Lipinski definition) is 2. The molecule has 0 unspecified atom stereocenters. The van der Waals surface area contributed by atoms with Crippen molar-refractivity contribution in [3.63, 3.8) is 0 Å². The lowest BCUT2D eigenvalue weighted by Crippen LogP contribution is -2.12. The van der Waals surface area contributed by atoms with Gasteiger partial charge in [0, 0.05) is 21.4 Å². The smallest absolute Gasteiger partial charge is 0.416 e. The zero-order valence-electron chi connectivity index (χ0n) is 15.3. The number of carboxylic acid groups (broad SMARTS) is 1. The number of aryl methyl sites for hydroxylation is 2. The number of halogens is 1. The normalized spacial score (nSPS) is 14.2. The quantitative estimate of drug-likeness (QED) is 0.517. The first-order valence-corrected chi connectivity index (χ1v) is 9.50. The molecule has 0 saturated carbocycles. The van der Waals surface area contributed by atoms with E-state index in [2.05, 4.69) is 21.2 Å². The van der Waals surface area contributed by atoms with Crippen LogP contribution >= 0.6 is 15.9 Å². The lowest BCUT2D eigenvalue weighted by Gasteiger charge is -2.10. The number of carbonyl (C=O) groups is 2. The highest BCUT2D eigenvalue weighted by Gasteiger charge is 2.28. The van der Waals surface area contributed by atoms with E-state index in [0.29, 0.717) is 17.0 Å². The number of benzene rings is 2. The van der Waals surface area contributed by atoms with Gasteiger partial charge in [-0.25, -0.2) is 4.79 Å². The number of fused-ring (bicyclic) bond motifs is 1. The van der Waals surface area contributed by atoms with Crippen LogP contribution in [0.5, 0.6) is 0 Å². The molecule has 0 aliphatic carbocycles. The van der Waals surface area contributed by atoms with Crippen molar-refractivity contribution in [1.82, 2.24) is 4.57 Å². The Bertz CT molecular complexity index is 1160. The van der Waals surface area contributed by atoms with E-state index in [0.717, 1.165) is 32.4 Å². The maximum absolute atomic E-state index is 12.7. The fourth-order valence-corrected chi connectivity index (χ4v) is 3.91. The van der Waals surface area contributed by atoms with E-state index in [1.165, 1.54) is 4.57 Å². The second kappa shape index (κ2) is 6.80. The minimum absolute atomic E-state index is 0.241. The summed E-state index contributed by atoms with van der Waals surface area (Å²) in [7, 11) is 0. The summed E-state index contributed by atoms with van der Waals surface area (Å²) in [6.07, 6.45) is 0.595. The van der Waals surface area contributed by atoms with Gasteiger partial charge >= 0.3 is 6.09 Å². The molecular formula is C22H17BrN2O3. The predicted octanol–water partition coefficient (Wildman–Crippen LogP) is 5.55. The van der Waals surface area contributed by atoms with Gasteiger partial charge in [0.2, 0.25) is 0 Å². The molecule has 0 atom stereocenters. The van der Waals surface area contributed by atoms with Crippen molar-refractivity contribution in [3.05, 3.63) is 75.5 Å². The standard InChI is InChI=1S/C22H17BrN2O3/c1-12-10-13(2)25(22(27)28)19(12)11-17-20-16(14-6-8-15(23)9-7-14)4-3-5-18(20)24-21(17)26/h3-11H,1-2H3,(H,24,26)(H,27,28). The number of amides is 1. The second-order valence-corrected chi connectivity index (χ2v) is 7.63. The van der Waals surface area contributed by atoms with Crippen molar-refractivity contribution < 1.29 is 14.7 Å². The van der Waals surface area contributed by atoms with Crippen LogP contribution < -0.4 is 5.32 Å². The zero-order chi connectivity index (χ0) is 20.0. The SMILES string of the molecule is Cc1cc(C)n(C(=O)O)c1C=C1C(=O)Nc2cccc(-c3ccc(Br)cc3)c21. The molecule has 2 N–H and O–H groups in total. The average molecular weight is 437 g/mol. The monoisotopic (exact) mass is 436 g/mol. The van der Waals surface area contributed by atoms with Crippen LogP contribution in [0.1, 0.15) is 22.5 Å². The Morgan fingerprint density at radius 2 is 1.86 bits per heavy atom. The zero-order valence-corrected chi connectivity index (χ0v) is 16.9. The van der Waals surface area contributed by atoms with Crippen LogP contribution in [0.3, 0.4) is 0 Å². The molecule has 3 aromatic rings. The van der Waals surface area contributed by atoms with Gasteiger partial charge in [0.25, 0.3) is 5.91 Å². The molecule has 4 rings (SSSR count). The fourth-order valence-electron chi connectivity index (χ4n) is 3.64. The maximum Gasteiger partial charge on any atom is 0.416 e. The van der Waals surface area contributed by atoms with Gasteiger partial charge < -0.3 is 10.4 Å². The summed E-state index contributed by atoms with van der Waals surface area (Å²) in [5, 5.41) is 12.5. The van der Waals surface area contributed by atoms with E-state index in [1.807, 2.05) is 49.4 Å². The van der Waals surface area contributed by atoms with Crippen LogP contribution in [0.15, 0.2) is 53.0 Å². The molecule has 0 fully saturated rings. The molecule has 5 nitrogen and oxygen atoms in total. The molecule has 140 valence electrons. The molecule has 1 aliphatic rings. The largest absolute Gasteiger partial charge is 0.464 e. The number of carbonyl (C=O) groups excluding carboxylic acids is 1. The Hall–Kier alpha value is -3.12. The number of hydrogen-bond donors (Lipinski definition) is 2. The summed E-state index contributed by atoms with van der Waals surface area (Å²) < 4.78 is 2.18. The Balaban J connectivity index is 1.94. The highest BCUT2D eigenvalue weighted by molar-refractivity contribution is 9.10. The van der Waals surface area contributed by atoms with Gasteiger partial charge in [-0.1, -0.05) is 40.2 Å². The minimum Gasteiger partial charge on any atom is -0.464 e. The molecule has 0 saturated heterocycles. The van der Waals surface area contributed by atoms with Gasteiger partial charge in [-0.2, -0.15) is 0 Å². The van der Waals surface area contributed by atoms with E-state index >= 15 is 0 Å². The van der Waals surface area contributed by atoms with Crippen LogP contribution in [0, 0.1) is 13.8 Å². The molecule has 6 heteroatoms. The minimum atomic E-state index is -1.07. The lowest BCUT2D eigenvalue weighted by atomic mass is 9.94. The highest BCUT2D eigenvalue weighted by atomic mass is 79.9. The summed E-state index contributed by atoms with van der Waals surface area (Å²) in [4.78, 5) is 24.4. The average Bonchev–Trinajstić information content (AvgIpc) is 3.11. The van der Waals surface area contributed by atoms with Crippen molar-refractivity contribution >= 4 is 45.3 Å². The molecule has 2 heterocycles. The van der Waals surface area contributed by atoms with E-state index in [9.17, 15) is 14.7 Å². The summed E-state index contributed by atoms with van der Waals surface area (Å²) in [6.45, 7) is 3.58. The molecule has 0 spiro atoms. The van der Waals surface area contributed by atoms with Crippen LogP contribution in [0.2, 0.25) is 0 Å². The Kier molecular flexibility index (Phi) is 4.43. The first kappa shape index (κ1) is 18.3. The van der Waals surface area contributed by atoms with E-state index in [-0.39, 0.29) is 5.91 Å².